The van der Waals surface area contributed by atoms with Crippen LogP contribution in [0.15, 0.2) is 0 Å². The predicted octanol–water partition coefficient (Wildman–Crippen LogP) is 3.93. The lowest BCUT2D eigenvalue weighted by Crippen LogP contribution is -2.57. The first kappa shape index (κ1) is 19.9. The molecule has 156 valence electrons. The third-order valence-electron chi connectivity index (χ3n) is 9.30. The first-order valence-electron chi connectivity index (χ1n) is 11.0. The van der Waals surface area contributed by atoms with Crippen molar-refractivity contribution in [3.63, 3.8) is 0 Å². The maximum atomic E-state index is 13.4. The Balaban J connectivity index is 1.58. The average Bonchev–Trinajstić information content (AvgIpc) is 3.01. The SMILES string of the molecule is COC(=O)[C@@H]1CC[C@@H]2[C@H]3CC[C@H]4C[C@@H](OC(C)=O)CC[C@]4(C)[C@@H]3CC(=O)[C@@]21C. The Kier molecular flexibility index (Phi) is 4.86. The van der Waals surface area contributed by atoms with Gasteiger partial charge in [-0.3, -0.25) is 14.4 Å². The third-order valence-corrected chi connectivity index (χ3v) is 9.30. The number of methoxy groups -OCH3 is 1. The zero-order chi connectivity index (χ0) is 20.3. The summed E-state index contributed by atoms with van der Waals surface area (Å²) in [5.41, 5.74) is -0.410. The minimum atomic E-state index is -0.549. The summed E-state index contributed by atoms with van der Waals surface area (Å²) in [5.74, 6) is 1.32. The van der Waals surface area contributed by atoms with E-state index in [1.165, 1.54) is 14.0 Å². The fourth-order valence-corrected chi connectivity index (χ4v) is 7.80. The van der Waals surface area contributed by atoms with E-state index in [1.807, 2.05) is 6.92 Å². The molecular weight excluding hydrogens is 356 g/mol. The molecule has 0 bridgehead atoms. The number of hydrogen-bond donors (Lipinski definition) is 0. The van der Waals surface area contributed by atoms with Gasteiger partial charge in [-0.15, -0.1) is 0 Å². The number of Topliss-reactive ketones (excluding diaryl/α,β-unsaturated/α-hetero) is 1. The number of carbonyl (C=O) groups excluding carboxylic acids is 3. The van der Waals surface area contributed by atoms with Gasteiger partial charge in [-0.25, -0.2) is 0 Å². The smallest absolute Gasteiger partial charge is 0.309 e. The van der Waals surface area contributed by atoms with Gasteiger partial charge in [0.05, 0.1) is 13.0 Å². The van der Waals surface area contributed by atoms with Gasteiger partial charge in [-0.2, -0.15) is 0 Å². The molecule has 28 heavy (non-hydrogen) atoms. The topological polar surface area (TPSA) is 69.7 Å². The van der Waals surface area contributed by atoms with Crippen molar-refractivity contribution in [1.29, 1.82) is 0 Å². The molecule has 0 unspecified atom stereocenters. The van der Waals surface area contributed by atoms with Crippen LogP contribution in [0, 0.1) is 40.4 Å². The number of rotatable bonds is 2. The molecule has 0 radical (unpaired) electrons. The molecule has 0 N–H and O–H groups in total. The van der Waals surface area contributed by atoms with Crippen LogP contribution in [0.1, 0.15) is 72.1 Å². The minimum Gasteiger partial charge on any atom is -0.469 e. The predicted molar refractivity (Wildman–Crippen MR) is 103 cm³/mol. The number of ketones is 1. The molecule has 0 aromatic heterocycles. The molecule has 5 nitrogen and oxygen atoms in total. The summed E-state index contributed by atoms with van der Waals surface area (Å²) in [6.45, 7) is 5.90. The molecule has 4 aliphatic carbocycles. The molecule has 0 aromatic rings. The summed E-state index contributed by atoms with van der Waals surface area (Å²) in [5, 5.41) is 0. The number of ether oxygens (including phenoxy) is 2. The van der Waals surface area contributed by atoms with Crippen LogP contribution in [0.2, 0.25) is 0 Å². The van der Waals surface area contributed by atoms with Gasteiger partial charge < -0.3 is 9.47 Å². The number of fused-ring (bicyclic) bond motifs is 5. The molecule has 4 aliphatic rings. The molecule has 4 rings (SSSR count). The van der Waals surface area contributed by atoms with Gasteiger partial charge in [0.2, 0.25) is 0 Å². The highest BCUT2D eigenvalue weighted by molar-refractivity contribution is 5.92. The van der Waals surface area contributed by atoms with E-state index in [1.54, 1.807) is 0 Å². The zero-order valence-electron chi connectivity index (χ0n) is 17.7. The van der Waals surface area contributed by atoms with E-state index in [4.69, 9.17) is 9.47 Å². The lowest BCUT2D eigenvalue weighted by Gasteiger charge is -2.60. The van der Waals surface area contributed by atoms with E-state index >= 15 is 0 Å². The Morgan fingerprint density at radius 1 is 1.04 bits per heavy atom. The van der Waals surface area contributed by atoms with Crippen LogP contribution >= 0.6 is 0 Å². The maximum absolute atomic E-state index is 13.4. The number of hydrogen-bond acceptors (Lipinski definition) is 5. The van der Waals surface area contributed by atoms with Crippen molar-refractivity contribution in [2.75, 3.05) is 7.11 Å². The highest BCUT2D eigenvalue weighted by Gasteiger charge is 2.65. The second kappa shape index (κ2) is 6.84. The normalized spacial score (nSPS) is 47.5. The van der Waals surface area contributed by atoms with Gasteiger partial charge in [0.15, 0.2) is 0 Å². The molecule has 0 heterocycles. The first-order chi connectivity index (χ1) is 13.2. The molecule has 0 saturated heterocycles. The summed E-state index contributed by atoms with van der Waals surface area (Å²) in [4.78, 5) is 37.2. The van der Waals surface area contributed by atoms with Gasteiger partial charge in [0.25, 0.3) is 0 Å². The fraction of sp³-hybridized carbons (Fsp3) is 0.870. The number of carbonyl (C=O) groups is 3. The van der Waals surface area contributed by atoms with Gasteiger partial charge in [0.1, 0.15) is 11.9 Å². The van der Waals surface area contributed by atoms with Gasteiger partial charge in [0, 0.05) is 18.8 Å². The molecule has 0 amide bonds. The highest BCUT2D eigenvalue weighted by Crippen LogP contribution is 2.66. The third kappa shape index (κ3) is 2.75. The Bertz CT molecular complexity index is 686. The average molecular weight is 391 g/mol. The van der Waals surface area contributed by atoms with Crippen LogP contribution in [0.3, 0.4) is 0 Å². The fourth-order valence-electron chi connectivity index (χ4n) is 7.80. The zero-order valence-corrected chi connectivity index (χ0v) is 17.7. The van der Waals surface area contributed by atoms with Crippen LogP contribution in [0.5, 0.6) is 0 Å². The van der Waals surface area contributed by atoms with Crippen molar-refractivity contribution < 1.29 is 23.9 Å². The van der Waals surface area contributed by atoms with Crippen LogP contribution in [-0.2, 0) is 23.9 Å². The van der Waals surface area contributed by atoms with E-state index in [0.717, 1.165) is 44.9 Å². The van der Waals surface area contributed by atoms with E-state index in [9.17, 15) is 14.4 Å². The monoisotopic (exact) mass is 390 g/mol. The van der Waals surface area contributed by atoms with E-state index in [-0.39, 0.29) is 35.2 Å². The minimum absolute atomic E-state index is 0.0341. The van der Waals surface area contributed by atoms with Crippen molar-refractivity contribution in [2.24, 2.45) is 40.4 Å². The van der Waals surface area contributed by atoms with E-state index in [0.29, 0.717) is 30.1 Å². The van der Waals surface area contributed by atoms with Gasteiger partial charge in [-0.1, -0.05) is 13.8 Å². The lowest BCUT2D eigenvalue weighted by molar-refractivity contribution is -0.171. The van der Waals surface area contributed by atoms with Crippen molar-refractivity contribution >= 4 is 17.7 Å². The summed E-state index contributed by atoms with van der Waals surface area (Å²) >= 11 is 0. The van der Waals surface area contributed by atoms with Crippen molar-refractivity contribution in [3.05, 3.63) is 0 Å². The van der Waals surface area contributed by atoms with Crippen molar-refractivity contribution in [3.8, 4) is 0 Å². The molecule has 8 atom stereocenters. The Labute approximate surface area is 167 Å². The summed E-state index contributed by atoms with van der Waals surface area (Å²) in [6, 6.07) is 0. The van der Waals surface area contributed by atoms with E-state index < -0.39 is 5.41 Å². The molecule has 0 aromatic carbocycles. The molecule has 5 heteroatoms. The molecular formula is C23H34O5. The molecule has 4 fully saturated rings. The second-order valence-electron chi connectivity index (χ2n) is 10.2. The summed E-state index contributed by atoms with van der Waals surface area (Å²) < 4.78 is 10.6. The summed E-state index contributed by atoms with van der Waals surface area (Å²) in [6.07, 6.45) is 7.48. The maximum Gasteiger partial charge on any atom is 0.309 e. The Hall–Kier alpha value is -1.39. The Morgan fingerprint density at radius 3 is 2.46 bits per heavy atom. The van der Waals surface area contributed by atoms with Crippen molar-refractivity contribution in [2.45, 2.75) is 78.2 Å². The van der Waals surface area contributed by atoms with Crippen LogP contribution in [0.25, 0.3) is 0 Å². The lowest BCUT2D eigenvalue weighted by atomic mass is 9.44. The first-order valence-corrected chi connectivity index (χ1v) is 11.0. The molecule has 0 spiro atoms. The quantitative estimate of drug-likeness (QED) is 0.668. The number of esters is 2. The summed E-state index contributed by atoms with van der Waals surface area (Å²) in [7, 11) is 1.43. The van der Waals surface area contributed by atoms with Gasteiger partial charge >= 0.3 is 11.9 Å². The van der Waals surface area contributed by atoms with Crippen LogP contribution < -0.4 is 0 Å². The highest BCUT2D eigenvalue weighted by atomic mass is 16.5. The van der Waals surface area contributed by atoms with Gasteiger partial charge in [-0.05, 0) is 74.0 Å². The van der Waals surface area contributed by atoms with E-state index in [2.05, 4.69) is 6.92 Å². The van der Waals surface area contributed by atoms with Crippen LogP contribution in [-0.4, -0.2) is 30.9 Å². The molecule has 4 saturated carbocycles. The van der Waals surface area contributed by atoms with Crippen LogP contribution in [0.4, 0.5) is 0 Å². The standard InChI is InChI=1S/C23H34O5/c1-13(24)28-15-9-10-22(2)14(11-15)5-6-16-17-7-8-18(21(26)27-4)23(17,3)20(25)12-19(16)22/h14-19H,5-12H2,1-4H3/t14-,15-,16+,17+,18-,19+,22-,23-/m0/s1. The molecule has 0 aliphatic heterocycles. The second-order valence-corrected chi connectivity index (χ2v) is 10.2. The van der Waals surface area contributed by atoms with Crippen molar-refractivity contribution in [1.82, 2.24) is 0 Å². The Morgan fingerprint density at radius 2 is 1.79 bits per heavy atom. The largest absolute Gasteiger partial charge is 0.469 e.